The standard InChI is InChI=1S/C26H35N3O7S/c1-6-18(3)27-26(31)22(7-2)28(15-19-8-11-21(34-4)12-9-19)25(30)16-29(37(5,32)33)20-10-13-23-24(14-20)36-17-35-23/h8-14,18,22H,6-7,15-17H2,1-5H3,(H,27,31)/t18-,22-/m1/s1. The summed E-state index contributed by atoms with van der Waals surface area (Å²) in [6.45, 7) is 5.35. The van der Waals surface area contributed by atoms with Crippen molar-refractivity contribution in [2.75, 3.05) is 31.0 Å². The minimum atomic E-state index is -3.85. The SMILES string of the molecule is CC[C@@H](C)NC(=O)[C@@H](CC)N(Cc1ccc(OC)cc1)C(=O)CN(c1ccc2c(c1)OCO2)S(C)(=O)=O. The fourth-order valence-electron chi connectivity index (χ4n) is 3.94. The normalized spacial score (nSPS) is 14.0. The van der Waals surface area contributed by atoms with Crippen molar-refractivity contribution in [2.45, 2.75) is 52.2 Å². The van der Waals surface area contributed by atoms with E-state index in [0.29, 0.717) is 23.7 Å². The van der Waals surface area contributed by atoms with E-state index in [2.05, 4.69) is 5.32 Å². The maximum Gasteiger partial charge on any atom is 0.244 e. The van der Waals surface area contributed by atoms with Crippen molar-refractivity contribution >= 4 is 27.5 Å². The van der Waals surface area contributed by atoms with Gasteiger partial charge in [0, 0.05) is 18.7 Å². The lowest BCUT2D eigenvalue weighted by atomic mass is 10.1. The van der Waals surface area contributed by atoms with E-state index < -0.39 is 28.5 Å². The Hall–Kier alpha value is -3.47. The van der Waals surface area contributed by atoms with E-state index in [0.717, 1.165) is 22.5 Å². The molecular weight excluding hydrogens is 498 g/mol. The smallest absolute Gasteiger partial charge is 0.244 e. The van der Waals surface area contributed by atoms with Gasteiger partial charge in [-0.2, -0.15) is 0 Å². The monoisotopic (exact) mass is 533 g/mol. The van der Waals surface area contributed by atoms with Gasteiger partial charge in [-0.15, -0.1) is 0 Å². The number of carbonyl (C=O) groups is 2. The molecule has 1 N–H and O–H groups in total. The molecule has 0 unspecified atom stereocenters. The number of carbonyl (C=O) groups excluding carboxylic acids is 2. The molecular formula is C26H35N3O7S. The maximum atomic E-state index is 13.8. The van der Waals surface area contributed by atoms with Crippen molar-refractivity contribution in [2.24, 2.45) is 0 Å². The van der Waals surface area contributed by atoms with Gasteiger partial charge in [0.1, 0.15) is 18.3 Å². The van der Waals surface area contributed by atoms with Gasteiger partial charge < -0.3 is 24.4 Å². The average Bonchev–Trinajstić information content (AvgIpc) is 3.34. The number of ether oxygens (including phenoxy) is 3. The number of benzene rings is 2. The molecule has 2 aromatic rings. The lowest BCUT2D eigenvalue weighted by Gasteiger charge is -2.33. The summed E-state index contributed by atoms with van der Waals surface area (Å²) in [5, 5.41) is 2.95. The third-order valence-corrected chi connectivity index (χ3v) is 7.36. The van der Waals surface area contributed by atoms with Gasteiger partial charge >= 0.3 is 0 Å². The largest absolute Gasteiger partial charge is 0.497 e. The molecule has 0 saturated carbocycles. The molecule has 1 aliphatic rings. The Labute approximate surface area is 218 Å². The fraction of sp³-hybridized carbons (Fsp3) is 0.462. The van der Waals surface area contributed by atoms with Crippen molar-refractivity contribution < 1.29 is 32.2 Å². The number of methoxy groups -OCH3 is 1. The third-order valence-electron chi connectivity index (χ3n) is 6.22. The predicted molar refractivity (Wildman–Crippen MR) is 140 cm³/mol. The first-order valence-electron chi connectivity index (χ1n) is 12.2. The van der Waals surface area contributed by atoms with E-state index in [1.807, 2.05) is 32.9 Å². The van der Waals surface area contributed by atoms with Crippen LogP contribution in [0.25, 0.3) is 0 Å². The topological polar surface area (TPSA) is 114 Å². The second kappa shape index (κ2) is 12.2. The van der Waals surface area contributed by atoms with Crippen molar-refractivity contribution in [3.8, 4) is 17.2 Å². The van der Waals surface area contributed by atoms with Gasteiger partial charge in [-0.25, -0.2) is 8.42 Å². The zero-order valence-corrected chi connectivity index (χ0v) is 22.7. The van der Waals surface area contributed by atoms with Crippen LogP contribution < -0.4 is 23.8 Å². The Kier molecular flexibility index (Phi) is 9.25. The van der Waals surface area contributed by atoms with Crippen LogP contribution in [0.4, 0.5) is 5.69 Å². The number of hydrogen-bond acceptors (Lipinski definition) is 7. The molecule has 202 valence electrons. The van der Waals surface area contributed by atoms with Crippen LogP contribution in [-0.2, 0) is 26.2 Å². The van der Waals surface area contributed by atoms with Gasteiger partial charge in [0.2, 0.25) is 28.6 Å². The highest BCUT2D eigenvalue weighted by atomic mass is 32.2. The minimum absolute atomic E-state index is 0.0374. The quantitative estimate of drug-likeness (QED) is 0.446. The first-order valence-corrected chi connectivity index (χ1v) is 14.0. The molecule has 2 aromatic carbocycles. The summed E-state index contributed by atoms with van der Waals surface area (Å²) >= 11 is 0. The number of nitrogens with one attached hydrogen (secondary N) is 1. The Balaban J connectivity index is 1.94. The van der Waals surface area contributed by atoms with Crippen LogP contribution in [0.2, 0.25) is 0 Å². The molecule has 0 saturated heterocycles. The lowest BCUT2D eigenvalue weighted by molar-refractivity contribution is -0.140. The second-order valence-corrected chi connectivity index (χ2v) is 10.8. The molecule has 1 aliphatic heterocycles. The number of fused-ring (bicyclic) bond motifs is 1. The van der Waals surface area contributed by atoms with Crippen LogP contribution in [0.1, 0.15) is 39.2 Å². The van der Waals surface area contributed by atoms with E-state index in [-0.39, 0.29) is 31.0 Å². The highest BCUT2D eigenvalue weighted by Crippen LogP contribution is 2.36. The molecule has 0 aromatic heterocycles. The Morgan fingerprint density at radius 3 is 2.32 bits per heavy atom. The number of nitrogens with zero attached hydrogens (tertiary/aromatic N) is 2. The maximum absolute atomic E-state index is 13.8. The van der Waals surface area contributed by atoms with Gasteiger partial charge in [0.05, 0.1) is 19.1 Å². The third kappa shape index (κ3) is 7.06. The van der Waals surface area contributed by atoms with Crippen molar-refractivity contribution in [3.63, 3.8) is 0 Å². The molecule has 11 heteroatoms. The highest BCUT2D eigenvalue weighted by molar-refractivity contribution is 7.92. The number of sulfonamides is 1. The molecule has 2 atom stereocenters. The molecule has 10 nitrogen and oxygen atoms in total. The summed E-state index contributed by atoms with van der Waals surface area (Å²) in [5.41, 5.74) is 1.04. The van der Waals surface area contributed by atoms with Crippen molar-refractivity contribution in [3.05, 3.63) is 48.0 Å². The minimum Gasteiger partial charge on any atom is -0.497 e. The zero-order valence-electron chi connectivity index (χ0n) is 21.9. The van der Waals surface area contributed by atoms with E-state index in [1.165, 1.54) is 11.0 Å². The number of rotatable bonds is 12. The molecule has 0 bridgehead atoms. The predicted octanol–water partition coefficient (Wildman–Crippen LogP) is 2.91. The first kappa shape index (κ1) is 28.1. The van der Waals surface area contributed by atoms with Crippen molar-refractivity contribution in [1.29, 1.82) is 0 Å². The van der Waals surface area contributed by atoms with Crippen LogP contribution in [-0.4, -0.2) is 63.9 Å². The fourth-order valence-corrected chi connectivity index (χ4v) is 4.78. The summed E-state index contributed by atoms with van der Waals surface area (Å²) in [6, 6.07) is 11.0. The van der Waals surface area contributed by atoms with E-state index in [9.17, 15) is 18.0 Å². The number of amides is 2. The number of hydrogen-bond donors (Lipinski definition) is 1. The van der Waals surface area contributed by atoms with Gasteiger partial charge in [-0.1, -0.05) is 26.0 Å². The van der Waals surface area contributed by atoms with Crippen LogP contribution in [0.3, 0.4) is 0 Å². The summed E-state index contributed by atoms with van der Waals surface area (Å²) in [5.74, 6) is 0.762. The van der Waals surface area contributed by atoms with Gasteiger partial charge in [-0.3, -0.25) is 13.9 Å². The molecule has 0 radical (unpaired) electrons. The lowest BCUT2D eigenvalue weighted by Crippen LogP contribution is -2.53. The van der Waals surface area contributed by atoms with Crippen LogP contribution in [0, 0.1) is 0 Å². The van der Waals surface area contributed by atoms with E-state index in [4.69, 9.17) is 14.2 Å². The summed E-state index contributed by atoms with van der Waals surface area (Å²) in [6.07, 6.45) is 2.12. The first-order chi connectivity index (χ1) is 17.6. The molecule has 0 aliphatic carbocycles. The van der Waals surface area contributed by atoms with Crippen LogP contribution in [0.15, 0.2) is 42.5 Å². The highest BCUT2D eigenvalue weighted by Gasteiger charge is 2.32. The van der Waals surface area contributed by atoms with Gasteiger partial charge in [-0.05, 0) is 49.6 Å². The van der Waals surface area contributed by atoms with Gasteiger partial charge in [0.25, 0.3) is 0 Å². The summed E-state index contributed by atoms with van der Waals surface area (Å²) in [4.78, 5) is 28.4. The summed E-state index contributed by atoms with van der Waals surface area (Å²) in [7, 11) is -2.29. The molecule has 37 heavy (non-hydrogen) atoms. The van der Waals surface area contributed by atoms with E-state index >= 15 is 0 Å². The number of anilines is 1. The molecule has 0 spiro atoms. The van der Waals surface area contributed by atoms with Crippen molar-refractivity contribution in [1.82, 2.24) is 10.2 Å². The zero-order chi connectivity index (χ0) is 27.2. The van der Waals surface area contributed by atoms with Gasteiger partial charge in [0.15, 0.2) is 11.5 Å². The Morgan fingerprint density at radius 1 is 1.05 bits per heavy atom. The van der Waals surface area contributed by atoms with Crippen LogP contribution in [0.5, 0.6) is 17.2 Å². The Bertz CT molecular complexity index is 1200. The summed E-state index contributed by atoms with van der Waals surface area (Å²) < 4.78 is 42.5. The Morgan fingerprint density at radius 2 is 1.73 bits per heavy atom. The molecule has 3 rings (SSSR count). The molecule has 2 amide bonds. The van der Waals surface area contributed by atoms with Crippen LogP contribution >= 0.6 is 0 Å². The molecule has 1 heterocycles. The second-order valence-electron chi connectivity index (χ2n) is 8.92. The van der Waals surface area contributed by atoms with E-state index in [1.54, 1.807) is 31.4 Å². The average molecular weight is 534 g/mol. The molecule has 0 fully saturated rings.